The molecule has 0 aromatic heterocycles. The molecule has 4 rings (SSSR count). The number of benzene rings is 2. The van der Waals surface area contributed by atoms with Crippen molar-refractivity contribution in [2.45, 2.75) is 57.9 Å². The molecule has 2 aromatic carbocycles. The fraction of sp³-hybridized carbons (Fsp3) is 0.440. The monoisotopic (exact) mass is 469 g/mol. The Kier molecular flexibility index (Phi) is 6.33. The number of fused-ring (bicyclic) bond motifs is 1. The molecule has 8 heteroatoms. The summed E-state index contributed by atoms with van der Waals surface area (Å²) >= 11 is 0. The van der Waals surface area contributed by atoms with Gasteiger partial charge in [-0.05, 0) is 75.4 Å². The fourth-order valence-electron chi connectivity index (χ4n) is 4.96. The first kappa shape index (κ1) is 23.4. The third-order valence-corrected chi connectivity index (χ3v) is 8.50. The number of carbonyl (C=O) groups is 2. The zero-order chi connectivity index (χ0) is 23.9. The van der Waals surface area contributed by atoms with Gasteiger partial charge < -0.3 is 10.2 Å². The summed E-state index contributed by atoms with van der Waals surface area (Å²) in [6.45, 7) is 7.98. The number of rotatable bonds is 4. The van der Waals surface area contributed by atoms with E-state index < -0.39 is 15.9 Å². The van der Waals surface area contributed by atoms with Crippen molar-refractivity contribution in [1.29, 1.82) is 0 Å². The van der Waals surface area contributed by atoms with Crippen LogP contribution in [-0.4, -0.2) is 43.7 Å². The van der Waals surface area contributed by atoms with Gasteiger partial charge >= 0.3 is 0 Å². The van der Waals surface area contributed by atoms with Crippen molar-refractivity contribution in [3.05, 3.63) is 53.1 Å². The summed E-state index contributed by atoms with van der Waals surface area (Å²) in [6.07, 6.45) is 1.90. The van der Waals surface area contributed by atoms with Crippen molar-refractivity contribution in [3.8, 4) is 0 Å². The molecule has 1 saturated heterocycles. The van der Waals surface area contributed by atoms with Crippen LogP contribution in [0.25, 0.3) is 0 Å². The molecule has 2 amide bonds. The van der Waals surface area contributed by atoms with Gasteiger partial charge in [0, 0.05) is 37.4 Å². The zero-order valence-corrected chi connectivity index (χ0v) is 20.4. The largest absolute Gasteiger partial charge is 0.326 e. The lowest BCUT2D eigenvalue weighted by molar-refractivity contribution is -0.121. The number of aryl methyl sites for hydroxylation is 2. The molecule has 2 aromatic rings. The molecule has 0 bridgehead atoms. The van der Waals surface area contributed by atoms with E-state index >= 15 is 0 Å². The smallest absolute Gasteiger partial charge is 0.243 e. The van der Waals surface area contributed by atoms with E-state index in [2.05, 4.69) is 5.32 Å². The number of carbonyl (C=O) groups excluding carboxylic acids is 2. The van der Waals surface area contributed by atoms with Gasteiger partial charge in [-0.2, -0.15) is 4.31 Å². The summed E-state index contributed by atoms with van der Waals surface area (Å²) in [5, 5.41) is 2.98. The zero-order valence-electron chi connectivity index (χ0n) is 19.6. The summed E-state index contributed by atoms with van der Waals surface area (Å²) in [5.41, 5.74) is 4.50. The molecule has 1 N–H and O–H groups in total. The van der Waals surface area contributed by atoms with Gasteiger partial charge in [-0.25, -0.2) is 8.42 Å². The maximum Gasteiger partial charge on any atom is 0.243 e. The highest BCUT2D eigenvalue weighted by Crippen LogP contribution is 2.35. The number of sulfonamides is 1. The van der Waals surface area contributed by atoms with Gasteiger partial charge in [0.05, 0.1) is 10.8 Å². The molecule has 0 unspecified atom stereocenters. The molecule has 0 spiro atoms. The highest BCUT2D eigenvalue weighted by atomic mass is 32.2. The van der Waals surface area contributed by atoms with E-state index in [4.69, 9.17) is 0 Å². The molecule has 2 atom stereocenters. The van der Waals surface area contributed by atoms with E-state index in [-0.39, 0.29) is 29.3 Å². The molecular formula is C25H31N3O4S. The highest BCUT2D eigenvalue weighted by molar-refractivity contribution is 7.89. The number of piperidine rings is 1. The number of nitrogens with one attached hydrogen (secondary N) is 1. The Hall–Kier alpha value is -2.71. The van der Waals surface area contributed by atoms with E-state index in [1.54, 1.807) is 23.1 Å². The summed E-state index contributed by atoms with van der Waals surface area (Å²) in [7, 11) is -3.74. The van der Waals surface area contributed by atoms with Gasteiger partial charge in [0.25, 0.3) is 0 Å². The standard InChI is InChI=1S/C25H31N3O4S/c1-16-7-9-23(17(2)12-16)26-25(30)20-6-5-11-27(15-20)33(31,32)22-8-10-24-21(14-22)13-18(3)28(24)19(4)29/h7-10,12,14,18,20H,5-6,11,13,15H2,1-4H3,(H,26,30)/t18-,20-/m1/s1. The van der Waals surface area contributed by atoms with E-state index in [9.17, 15) is 18.0 Å². The number of hydrogen-bond acceptors (Lipinski definition) is 4. The van der Waals surface area contributed by atoms with Crippen LogP contribution in [0.3, 0.4) is 0 Å². The second-order valence-corrected chi connectivity index (χ2v) is 11.2. The average Bonchev–Trinajstić information content (AvgIpc) is 3.10. The second kappa shape index (κ2) is 8.91. The van der Waals surface area contributed by atoms with Gasteiger partial charge in [-0.3, -0.25) is 9.59 Å². The molecule has 7 nitrogen and oxygen atoms in total. The number of hydrogen-bond donors (Lipinski definition) is 1. The van der Waals surface area contributed by atoms with Crippen LogP contribution in [0.15, 0.2) is 41.3 Å². The van der Waals surface area contributed by atoms with E-state index in [1.807, 2.05) is 39.0 Å². The molecule has 176 valence electrons. The Balaban J connectivity index is 1.51. The lowest BCUT2D eigenvalue weighted by Crippen LogP contribution is -2.43. The lowest BCUT2D eigenvalue weighted by Gasteiger charge is -2.31. The molecule has 0 saturated carbocycles. The van der Waals surface area contributed by atoms with E-state index in [0.717, 1.165) is 28.1 Å². The van der Waals surface area contributed by atoms with Crippen molar-refractivity contribution in [3.63, 3.8) is 0 Å². The summed E-state index contributed by atoms with van der Waals surface area (Å²) in [6, 6.07) is 10.8. The van der Waals surface area contributed by atoms with Crippen molar-refractivity contribution in [2.24, 2.45) is 5.92 Å². The molecule has 2 aliphatic heterocycles. The Labute approximate surface area is 195 Å². The predicted molar refractivity (Wildman–Crippen MR) is 129 cm³/mol. The minimum absolute atomic E-state index is 0.00347. The summed E-state index contributed by atoms with van der Waals surface area (Å²) in [4.78, 5) is 26.8. The van der Waals surface area contributed by atoms with Crippen LogP contribution in [0.4, 0.5) is 11.4 Å². The highest BCUT2D eigenvalue weighted by Gasteiger charge is 2.35. The minimum atomic E-state index is -3.74. The van der Waals surface area contributed by atoms with E-state index in [0.29, 0.717) is 25.8 Å². The summed E-state index contributed by atoms with van der Waals surface area (Å²) in [5.74, 6) is -0.607. The molecule has 1 fully saturated rings. The van der Waals surface area contributed by atoms with Crippen LogP contribution < -0.4 is 10.2 Å². The van der Waals surface area contributed by atoms with Gasteiger partial charge in [0.1, 0.15) is 0 Å². The summed E-state index contributed by atoms with van der Waals surface area (Å²) < 4.78 is 28.3. The van der Waals surface area contributed by atoms with Crippen molar-refractivity contribution >= 4 is 33.2 Å². The lowest BCUT2D eigenvalue weighted by atomic mass is 9.98. The Morgan fingerprint density at radius 1 is 1.09 bits per heavy atom. The van der Waals surface area contributed by atoms with Gasteiger partial charge in [0.15, 0.2) is 0 Å². The van der Waals surface area contributed by atoms with Crippen molar-refractivity contribution in [1.82, 2.24) is 4.31 Å². The fourth-order valence-corrected chi connectivity index (χ4v) is 6.54. The quantitative estimate of drug-likeness (QED) is 0.741. The third kappa shape index (κ3) is 4.54. The third-order valence-electron chi connectivity index (χ3n) is 6.64. The van der Waals surface area contributed by atoms with Gasteiger partial charge in [0.2, 0.25) is 21.8 Å². The van der Waals surface area contributed by atoms with Crippen LogP contribution in [0, 0.1) is 19.8 Å². The second-order valence-electron chi connectivity index (χ2n) is 9.24. The molecule has 0 radical (unpaired) electrons. The Bertz CT molecular complexity index is 1210. The maximum atomic E-state index is 13.4. The molecular weight excluding hydrogens is 438 g/mol. The average molecular weight is 470 g/mol. The molecule has 2 heterocycles. The Morgan fingerprint density at radius 2 is 1.85 bits per heavy atom. The molecule has 33 heavy (non-hydrogen) atoms. The molecule has 0 aliphatic carbocycles. The SMILES string of the molecule is CC(=O)N1c2ccc(S(=O)(=O)N3CCC[C@@H](C(=O)Nc4ccc(C)cc4C)C3)cc2C[C@H]1C. The number of nitrogens with zero attached hydrogens (tertiary/aromatic N) is 2. The maximum absolute atomic E-state index is 13.4. The van der Waals surface area contributed by atoms with Crippen LogP contribution >= 0.6 is 0 Å². The molecule has 2 aliphatic rings. The van der Waals surface area contributed by atoms with Crippen LogP contribution in [-0.2, 0) is 26.0 Å². The topological polar surface area (TPSA) is 86.8 Å². The first-order valence-corrected chi connectivity index (χ1v) is 12.8. The Morgan fingerprint density at radius 3 is 2.55 bits per heavy atom. The van der Waals surface area contributed by atoms with Crippen molar-refractivity contribution < 1.29 is 18.0 Å². The van der Waals surface area contributed by atoms with Crippen LogP contribution in [0.2, 0.25) is 0 Å². The van der Waals surface area contributed by atoms with Crippen molar-refractivity contribution in [2.75, 3.05) is 23.3 Å². The number of amides is 2. The predicted octanol–water partition coefficient (Wildman–Crippen LogP) is 3.64. The van der Waals surface area contributed by atoms with Crippen LogP contribution in [0.5, 0.6) is 0 Å². The van der Waals surface area contributed by atoms with Gasteiger partial charge in [-0.15, -0.1) is 0 Å². The normalized spacial score (nSPS) is 21.0. The minimum Gasteiger partial charge on any atom is -0.326 e. The van der Waals surface area contributed by atoms with Gasteiger partial charge in [-0.1, -0.05) is 17.7 Å². The van der Waals surface area contributed by atoms with Crippen LogP contribution in [0.1, 0.15) is 43.4 Å². The first-order valence-electron chi connectivity index (χ1n) is 11.4. The van der Waals surface area contributed by atoms with E-state index in [1.165, 1.54) is 11.2 Å². The number of anilines is 2. The first-order chi connectivity index (χ1) is 15.6.